The summed E-state index contributed by atoms with van der Waals surface area (Å²) >= 11 is 0. The molecule has 1 saturated carbocycles. The van der Waals surface area contributed by atoms with E-state index >= 15 is 0 Å². The highest BCUT2D eigenvalue weighted by atomic mass is 16.4. The molecule has 33 heavy (non-hydrogen) atoms. The highest BCUT2D eigenvalue weighted by Gasteiger charge is 2.42. The van der Waals surface area contributed by atoms with Crippen molar-refractivity contribution in [2.24, 2.45) is 0 Å². The third-order valence-corrected chi connectivity index (χ3v) is 6.85. The Morgan fingerprint density at radius 1 is 1.12 bits per heavy atom. The number of piperazine rings is 1. The molecule has 0 unspecified atom stereocenters. The number of carboxylic acids is 1. The van der Waals surface area contributed by atoms with Crippen LogP contribution in [0.3, 0.4) is 0 Å². The summed E-state index contributed by atoms with van der Waals surface area (Å²) in [6.45, 7) is 4.14. The van der Waals surface area contributed by atoms with Crippen molar-refractivity contribution in [3.63, 3.8) is 0 Å². The molecule has 9 heteroatoms. The zero-order valence-electron chi connectivity index (χ0n) is 19.1. The average Bonchev–Trinajstić information content (AvgIpc) is 3.50. The molecule has 2 aromatic rings. The number of aryl methyl sites for hydroxylation is 1. The fraction of sp³-hybridized carbons (Fsp3) is 0.542. The Labute approximate surface area is 193 Å². The van der Waals surface area contributed by atoms with Gasteiger partial charge in [-0.2, -0.15) is 0 Å². The van der Waals surface area contributed by atoms with E-state index in [4.69, 9.17) is 5.11 Å². The lowest BCUT2D eigenvalue weighted by atomic mass is 9.92. The fourth-order valence-electron chi connectivity index (χ4n) is 4.46. The lowest BCUT2D eigenvalue weighted by molar-refractivity contribution is -0.137. The van der Waals surface area contributed by atoms with Gasteiger partial charge in [-0.15, -0.1) is 5.10 Å². The van der Waals surface area contributed by atoms with Crippen molar-refractivity contribution < 1.29 is 19.5 Å². The van der Waals surface area contributed by atoms with Gasteiger partial charge in [0.05, 0.1) is 12.7 Å². The van der Waals surface area contributed by atoms with Gasteiger partial charge in [0.25, 0.3) is 5.91 Å². The Bertz CT molecular complexity index is 1010. The first-order valence-corrected chi connectivity index (χ1v) is 11.7. The number of carbonyl (C=O) groups is 3. The smallest absolute Gasteiger partial charge is 0.303 e. The highest BCUT2D eigenvalue weighted by Crippen LogP contribution is 2.50. The van der Waals surface area contributed by atoms with Crippen LogP contribution in [0.2, 0.25) is 0 Å². The molecule has 2 heterocycles. The van der Waals surface area contributed by atoms with E-state index in [1.165, 1.54) is 18.4 Å². The molecular formula is C24H31N5O4. The topological polar surface area (TPSA) is 109 Å². The van der Waals surface area contributed by atoms with Gasteiger partial charge in [0.15, 0.2) is 0 Å². The van der Waals surface area contributed by atoms with Crippen LogP contribution in [0.15, 0.2) is 30.5 Å². The van der Waals surface area contributed by atoms with Gasteiger partial charge < -0.3 is 14.9 Å². The molecule has 1 aliphatic heterocycles. The van der Waals surface area contributed by atoms with E-state index in [9.17, 15) is 14.4 Å². The molecule has 0 radical (unpaired) electrons. The van der Waals surface area contributed by atoms with E-state index in [0.29, 0.717) is 55.7 Å². The summed E-state index contributed by atoms with van der Waals surface area (Å²) in [6.07, 6.45) is 6.77. The Kier molecular flexibility index (Phi) is 6.76. The minimum Gasteiger partial charge on any atom is -0.481 e. The van der Waals surface area contributed by atoms with Gasteiger partial charge in [0, 0.05) is 31.6 Å². The minimum absolute atomic E-state index is 0.0583. The number of amides is 2. The quantitative estimate of drug-likeness (QED) is 0.554. The first kappa shape index (κ1) is 22.9. The second-order valence-corrected chi connectivity index (χ2v) is 9.08. The Morgan fingerprint density at radius 2 is 1.88 bits per heavy atom. The summed E-state index contributed by atoms with van der Waals surface area (Å²) in [5.41, 5.74) is 2.92. The van der Waals surface area contributed by atoms with E-state index in [0.717, 1.165) is 6.42 Å². The third kappa shape index (κ3) is 5.40. The van der Waals surface area contributed by atoms with Crippen molar-refractivity contribution in [3.8, 4) is 0 Å². The second-order valence-electron chi connectivity index (χ2n) is 9.08. The monoisotopic (exact) mass is 453 g/mol. The number of hydrogen-bond acceptors (Lipinski definition) is 5. The number of rotatable bonds is 10. The van der Waals surface area contributed by atoms with E-state index in [1.54, 1.807) is 20.7 Å². The Morgan fingerprint density at radius 3 is 2.52 bits per heavy atom. The zero-order chi connectivity index (χ0) is 23.4. The summed E-state index contributed by atoms with van der Waals surface area (Å²) in [6, 6.07) is 7.90. The summed E-state index contributed by atoms with van der Waals surface area (Å²) in [4.78, 5) is 39.5. The van der Waals surface area contributed by atoms with Gasteiger partial charge >= 0.3 is 5.97 Å². The molecule has 1 aliphatic carbocycles. The summed E-state index contributed by atoms with van der Waals surface area (Å²) in [7, 11) is 0. The third-order valence-electron chi connectivity index (χ3n) is 6.85. The standard InChI is InChI=1S/C24H31N5O4/c1-2-24(10-11-24)19-8-6-18(7-9-19)23(33)28-14-13-27(21(30)17-28)15-20-16-29(26-25-20)12-4-3-5-22(31)32/h6-9,16H,2-5,10-15,17H2,1H3,(H,31,32). The molecule has 1 N–H and O–H groups in total. The molecular weight excluding hydrogens is 422 g/mol. The maximum Gasteiger partial charge on any atom is 0.303 e. The molecule has 2 fully saturated rings. The highest BCUT2D eigenvalue weighted by molar-refractivity contribution is 5.97. The number of aliphatic carboxylic acids is 1. The first-order valence-electron chi connectivity index (χ1n) is 11.7. The van der Waals surface area contributed by atoms with Crippen molar-refractivity contribution in [1.82, 2.24) is 24.8 Å². The predicted molar refractivity (Wildman–Crippen MR) is 120 cm³/mol. The SMILES string of the molecule is CCC1(c2ccc(C(=O)N3CCN(Cc4cn(CCCCC(=O)O)nn4)C(=O)C3)cc2)CC1. The zero-order valence-corrected chi connectivity index (χ0v) is 19.1. The van der Waals surface area contributed by atoms with Crippen LogP contribution in [-0.2, 0) is 28.1 Å². The number of aromatic nitrogens is 3. The van der Waals surface area contributed by atoms with E-state index < -0.39 is 5.97 Å². The number of benzene rings is 1. The van der Waals surface area contributed by atoms with Crippen molar-refractivity contribution in [2.45, 2.75) is 64.0 Å². The Balaban J connectivity index is 1.27. The second kappa shape index (κ2) is 9.72. The fourth-order valence-corrected chi connectivity index (χ4v) is 4.46. The van der Waals surface area contributed by atoms with Crippen LogP contribution < -0.4 is 0 Å². The van der Waals surface area contributed by atoms with Crippen LogP contribution in [-0.4, -0.2) is 67.3 Å². The molecule has 1 aromatic heterocycles. The molecule has 2 amide bonds. The largest absolute Gasteiger partial charge is 0.481 e. The van der Waals surface area contributed by atoms with Crippen LogP contribution in [0.4, 0.5) is 0 Å². The van der Waals surface area contributed by atoms with Crippen molar-refractivity contribution in [2.75, 3.05) is 19.6 Å². The molecule has 176 valence electrons. The van der Waals surface area contributed by atoms with Gasteiger partial charge in [0.2, 0.25) is 5.91 Å². The maximum atomic E-state index is 12.9. The van der Waals surface area contributed by atoms with Crippen molar-refractivity contribution >= 4 is 17.8 Å². The lowest BCUT2D eigenvalue weighted by Gasteiger charge is -2.34. The molecule has 1 saturated heterocycles. The number of hydrogen-bond donors (Lipinski definition) is 1. The van der Waals surface area contributed by atoms with Crippen molar-refractivity contribution in [1.29, 1.82) is 0 Å². The number of nitrogens with zero attached hydrogens (tertiary/aromatic N) is 5. The summed E-state index contributed by atoms with van der Waals surface area (Å²) in [5.74, 6) is -1.01. The van der Waals surface area contributed by atoms with Crippen LogP contribution in [0, 0.1) is 0 Å². The molecule has 2 aliphatic rings. The Hall–Kier alpha value is -3.23. The van der Waals surface area contributed by atoms with E-state index in [1.807, 2.05) is 12.1 Å². The van der Waals surface area contributed by atoms with Crippen LogP contribution in [0.5, 0.6) is 0 Å². The number of carbonyl (C=O) groups excluding carboxylic acids is 2. The lowest BCUT2D eigenvalue weighted by Crippen LogP contribution is -2.51. The average molecular weight is 454 g/mol. The maximum absolute atomic E-state index is 12.9. The molecule has 0 spiro atoms. The van der Waals surface area contributed by atoms with E-state index in [-0.39, 0.29) is 24.8 Å². The number of carboxylic acid groups (broad SMARTS) is 1. The van der Waals surface area contributed by atoms with Crippen LogP contribution in [0.1, 0.15) is 67.1 Å². The summed E-state index contributed by atoms with van der Waals surface area (Å²) < 4.78 is 1.68. The van der Waals surface area contributed by atoms with Crippen molar-refractivity contribution in [3.05, 3.63) is 47.3 Å². The minimum atomic E-state index is -0.800. The van der Waals surface area contributed by atoms with Crippen LogP contribution in [0.25, 0.3) is 0 Å². The van der Waals surface area contributed by atoms with Crippen LogP contribution >= 0.6 is 0 Å². The molecule has 0 atom stereocenters. The van der Waals surface area contributed by atoms with Gasteiger partial charge in [0.1, 0.15) is 12.2 Å². The normalized spacial score (nSPS) is 17.3. The molecule has 1 aromatic carbocycles. The molecule has 4 rings (SSSR count). The molecule has 9 nitrogen and oxygen atoms in total. The summed E-state index contributed by atoms with van der Waals surface area (Å²) in [5, 5.41) is 16.9. The predicted octanol–water partition coefficient (Wildman–Crippen LogP) is 2.46. The first-order chi connectivity index (χ1) is 15.9. The van der Waals surface area contributed by atoms with Gasteiger partial charge in [-0.3, -0.25) is 19.1 Å². The van der Waals surface area contributed by atoms with Gasteiger partial charge in [-0.25, -0.2) is 0 Å². The van der Waals surface area contributed by atoms with Gasteiger partial charge in [-0.1, -0.05) is 24.3 Å². The van der Waals surface area contributed by atoms with E-state index in [2.05, 4.69) is 29.4 Å². The van der Waals surface area contributed by atoms with Gasteiger partial charge in [-0.05, 0) is 55.2 Å². The number of unbranched alkanes of at least 4 members (excludes halogenated alkanes) is 1. The molecule has 0 bridgehead atoms.